The van der Waals surface area contributed by atoms with Crippen LogP contribution in [0.4, 0.5) is 0 Å². The van der Waals surface area contributed by atoms with Gasteiger partial charge in [0.05, 0.1) is 0 Å². The van der Waals surface area contributed by atoms with Gasteiger partial charge in [0.2, 0.25) is 0 Å². The van der Waals surface area contributed by atoms with Gasteiger partial charge in [-0.15, -0.1) is 0 Å². The van der Waals surface area contributed by atoms with Gasteiger partial charge in [0.15, 0.2) is 0 Å². The zero-order chi connectivity index (χ0) is 11.1. The van der Waals surface area contributed by atoms with Crippen LogP contribution in [0.5, 0.6) is 0 Å². The van der Waals surface area contributed by atoms with Gasteiger partial charge < -0.3 is 0 Å². The van der Waals surface area contributed by atoms with Gasteiger partial charge in [-0.3, -0.25) is 0 Å². The summed E-state index contributed by atoms with van der Waals surface area (Å²) >= 11 is 0. The van der Waals surface area contributed by atoms with Crippen molar-refractivity contribution in [2.24, 2.45) is 0 Å². The molecule has 0 spiro atoms. The molecule has 0 fully saturated rings. The standard InChI is InChI=1S/C7H12.C4H8.C2H6/c1-4-6-7(3)5-2;1-3-4-2;1-2/h4,6H,3,5H2,1-2H3;3-4H,1-2H3;1-2H3/b6-4-;4-3+;. The van der Waals surface area contributed by atoms with Crippen molar-refractivity contribution in [3.8, 4) is 0 Å². The molecule has 0 aromatic carbocycles. The quantitative estimate of drug-likeness (QED) is 0.410. The molecule has 0 rings (SSSR count). The first kappa shape index (κ1) is 18.1. The highest BCUT2D eigenvalue weighted by Crippen LogP contribution is 1.95. The fourth-order valence-corrected chi connectivity index (χ4v) is 0.354. The van der Waals surface area contributed by atoms with Crippen LogP contribution in [0, 0.1) is 0 Å². The Labute approximate surface area is 85.1 Å². The van der Waals surface area contributed by atoms with E-state index in [4.69, 9.17) is 0 Å². The number of rotatable bonds is 2. The molecule has 0 aliphatic carbocycles. The topological polar surface area (TPSA) is 0 Å². The maximum absolute atomic E-state index is 3.78. The molecule has 0 N–H and O–H groups in total. The average Bonchev–Trinajstić information content (AvgIpc) is 2.21. The molecule has 0 atom stereocenters. The molecule has 0 heterocycles. The Morgan fingerprint density at radius 1 is 1.00 bits per heavy atom. The van der Waals surface area contributed by atoms with Crippen LogP contribution in [-0.4, -0.2) is 0 Å². The van der Waals surface area contributed by atoms with E-state index >= 15 is 0 Å². The van der Waals surface area contributed by atoms with Crippen molar-refractivity contribution in [2.45, 2.75) is 48.0 Å². The molecule has 78 valence electrons. The molecule has 0 aliphatic rings. The van der Waals surface area contributed by atoms with Gasteiger partial charge in [-0.2, -0.15) is 0 Å². The summed E-state index contributed by atoms with van der Waals surface area (Å²) in [7, 11) is 0. The van der Waals surface area contributed by atoms with E-state index in [0.29, 0.717) is 0 Å². The molecule has 0 radical (unpaired) electrons. The fraction of sp³-hybridized carbons (Fsp3) is 0.538. The molecule has 0 heteroatoms. The molecule has 0 saturated heterocycles. The van der Waals surface area contributed by atoms with Crippen LogP contribution in [0.2, 0.25) is 0 Å². The molecule has 0 aromatic rings. The number of hydrogen-bond donors (Lipinski definition) is 0. The van der Waals surface area contributed by atoms with Crippen LogP contribution in [-0.2, 0) is 0 Å². The van der Waals surface area contributed by atoms with Crippen LogP contribution >= 0.6 is 0 Å². The van der Waals surface area contributed by atoms with Crippen molar-refractivity contribution in [1.29, 1.82) is 0 Å². The summed E-state index contributed by atoms with van der Waals surface area (Å²) in [5.41, 5.74) is 1.20. The lowest BCUT2D eigenvalue weighted by molar-refractivity contribution is 1.16. The minimum atomic E-state index is 1.06. The summed E-state index contributed by atoms with van der Waals surface area (Å²) in [6.45, 7) is 15.9. The Bertz CT molecular complexity index is 123. The highest BCUT2D eigenvalue weighted by Gasteiger charge is 1.75. The maximum atomic E-state index is 3.78. The highest BCUT2D eigenvalue weighted by atomic mass is 13.8. The SMILES string of the molecule is C/C=C/C.C=C(/C=C\C)CC.CC. The van der Waals surface area contributed by atoms with E-state index in [1.54, 1.807) is 0 Å². The predicted molar refractivity (Wildman–Crippen MR) is 66.1 cm³/mol. The van der Waals surface area contributed by atoms with Crippen molar-refractivity contribution < 1.29 is 0 Å². The largest absolute Gasteiger partial charge is 0.0959 e. The van der Waals surface area contributed by atoms with Gasteiger partial charge in [0.1, 0.15) is 0 Å². The third-order valence-corrected chi connectivity index (χ3v) is 1.19. The first-order valence-electron chi connectivity index (χ1n) is 5.10. The molecule has 0 aliphatic heterocycles. The summed E-state index contributed by atoms with van der Waals surface area (Å²) in [4.78, 5) is 0. The van der Waals surface area contributed by atoms with Crippen LogP contribution in [0.3, 0.4) is 0 Å². The monoisotopic (exact) mass is 182 g/mol. The Morgan fingerprint density at radius 3 is 1.46 bits per heavy atom. The van der Waals surface area contributed by atoms with Crippen LogP contribution in [0.15, 0.2) is 36.5 Å². The number of hydrogen-bond acceptors (Lipinski definition) is 0. The van der Waals surface area contributed by atoms with Crippen molar-refractivity contribution in [2.75, 3.05) is 0 Å². The molecule has 13 heavy (non-hydrogen) atoms. The second-order valence-corrected chi connectivity index (χ2v) is 2.18. The van der Waals surface area contributed by atoms with Crippen LogP contribution in [0.25, 0.3) is 0 Å². The summed E-state index contributed by atoms with van der Waals surface area (Å²) in [5, 5.41) is 0. The third kappa shape index (κ3) is 35.0. The molecule has 0 amide bonds. The van der Waals surface area contributed by atoms with Gasteiger partial charge in [-0.25, -0.2) is 0 Å². The molecule has 0 unspecified atom stereocenters. The van der Waals surface area contributed by atoms with Crippen LogP contribution < -0.4 is 0 Å². The van der Waals surface area contributed by atoms with Gasteiger partial charge in [0, 0.05) is 0 Å². The second kappa shape index (κ2) is 22.5. The summed E-state index contributed by atoms with van der Waals surface area (Å²) < 4.78 is 0. The van der Waals surface area contributed by atoms with Gasteiger partial charge in [-0.1, -0.05) is 57.2 Å². The lowest BCUT2D eigenvalue weighted by atomic mass is 10.2. The second-order valence-electron chi connectivity index (χ2n) is 2.18. The minimum absolute atomic E-state index is 1.06. The molecular formula is C13H26. The maximum Gasteiger partial charge on any atom is -0.0313 e. The van der Waals surface area contributed by atoms with Crippen molar-refractivity contribution in [3.63, 3.8) is 0 Å². The fourth-order valence-electron chi connectivity index (χ4n) is 0.354. The first-order chi connectivity index (χ1) is 6.22. The first-order valence-corrected chi connectivity index (χ1v) is 5.10. The van der Waals surface area contributed by atoms with Gasteiger partial charge in [-0.05, 0) is 27.2 Å². The average molecular weight is 182 g/mol. The van der Waals surface area contributed by atoms with E-state index in [-0.39, 0.29) is 0 Å². The zero-order valence-electron chi connectivity index (χ0n) is 10.2. The minimum Gasteiger partial charge on any atom is -0.0959 e. The normalized spacial score (nSPS) is 8.77. The van der Waals surface area contributed by atoms with Crippen molar-refractivity contribution >= 4 is 0 Å². The molecule has 0 aromatic heterocycles. The lowest BCUT2D eigenvalue weighted by Crippen LogP contribution is -1.65. The Morgan fingerprint density at radius 2 is 1.38 bits per heavy atom. The summed E-state index contributed by atoms with van der Waals surface area (Å²) in [6, 6.07) is 0. The molecule has 0 bridgehead atoms. The van der Waals surface area contributed by atoms with E-state index < -0.39 is 0 Å². The molecule has 0 saturated carbocycles. The van der Waals surface area contributed by atoms with Gasteiger partial charge in [0.25, 0.3) is 0 Å². The number of allylic oxidation sites excluding steroid dienone is 5. The Hall–Kier alpha value is -0.780. The predicted octanol–water partition coefficient (Wildman–Crippen LogP) is 5.14. The third-order valence-electron chi connectivity index (χ3n) is 1.19. The van der Waals surface area contributed by atoms with Crippen LogP contribution in [0.1, 0.15) is 48.0 Å². The summed E-state index contributed by atoms with van der Waals surface area (Å²) in [5.74, 6) is 0. The van der Waals surface area contributed by atoms with Gasteiger partial charge >= 0.3 is 0 Å². The highest BCUT2D eigenvalue weighted by molar-refractivity contribution is 5.12. The van der Waals surface area contributed by atoms with E-state index in [0.717, 1.165) is 6.42 Å². The zero-order valence-corrected chi connectivity index (χ0v) is 10.2. The van der Waals surface area contributed by atoms with E-state index in [9.17, 15) is 0 Å². The smallest absolute Gasteiger partial charge is 0.0313 e. The molecular weight excluding hydrogens is 156 g/mol. The Kier molecular flexibility index (Phi) is 31.3. The van der Waals surface area contributed by atoms with Crippen molar-refractivity contribution in [1.82, 2.24) is 0 Å². The van der Waals surface area contributed by atoms with E-state index in [2.05, 4.69) is 13.5 Å². The molecule has 0 nitrogen and oxygen atoms in total. The van der Waals surface area contributed by atoms with Crippen molar-refractivity contribution in [3.05, 3.63) is 36.5 Å². The Balaban J connectivity index is -0.000000142. The lowest BCUT2D eigenvalue weighted by Gasteiger charge is -1.85. The van der Waals surface area contributed by atoms with E-state index in [1.807, 2.05) is 58.9 Å². The van der Waals surface area contributed by atoms with E-state index in [1.165, 1.54) is 5.57 Å². The summed E-state index contributed by atoms with van der Waals surface area (Å²) in [6.07, 6.45) is 9.09.